The molecule has 1 aliphatic heterocycles. The molecule has 1 aliphatic rings. The summed E-state index contributed by atoms with van der Waals surface area (Å²) in [6.07, 6.45) is 0.780. The van der Waals surface area contributed by atoms with Crippen LogP contribution in [0.4, 0.5) is 10.1 Å². The zero-order valence-corrected chi connectivity index (χ0v) is 18.9. The Labute approximate surface area is 186 Å². The lowest BCUT2D eigenvalue weighted by Gasteiger charge is -2.35. The normalized spacial score (nSPS) is 15.4. The highest BCUT2D eigenvalue weighted by Gasteiger charge is 2.26. The van der Waals surface area contributed by atoms with Gasteiger partial charge in [0.2, 0.25) is 17.7 Å². The van der Waals surface area contributed by atoms with Crippen LogP contribution in [0.2, 0.25) is 0 Å². The Morgan fingerprint density at radius 3 is 2.45 bits per heavy atom. The van der Waals surface area contributed by atoms with Crippen molar-refractivity contribution in [2.75, 3.05) is 64.1 Å². The maximum absolute atomic E-state index is 12.9. The van der Waals surface area contributed by atoms with E-state index in [0.717, 1.165) is 6.42 Å². The van der Waals surface area contributed by atoms with E-state index in [2.05, 4.69) is 10.6 Å². The van der Waals surface area contributed by atoms with E-state index in [1.165, 1.54) is 36.0 Å². The highest BCUT2D eigenvalue weighted by molar-refractivity contribution is 8.01. The van der Waals surface area contributed by atoms with Gasteiger partial charge in [-0.2, -0.15) is 0 Å². The Morgan fingerprint density at radius 2 is 1.81 bits per heavy atom. The third-order valence-electron chi connectivity index (χ3n) is 4.84. The predicted octanol–water partition coefficient (Wildman–Crippen LogP) is 1.18. The van der Waals surface area contributed by atoms with Gasteiger partial charge >= 0.3 is 0 Å². The molecular formula is C21H31FN4O4S. The van der Waals surface area contributed by atoms with Crippen LogP contribution in [0.1, 0.15) is 13.3 Å². The fourth-order valence-corrected chi connectivity index (χ4v) is 3.85. The monoisotopic (exact) mass is 454 g/mol. The maximum atomic E-state index is 12.9. The van der Waals surface area contributed by atoms with Crippen LogP contribution in [-0.4, -0.2) is 91.5 Å². The molecule has 0 aromatic heterocycles. The van der Waals surface area contributed by atoms with Gasteiger partial charge in [0, 0.05) is 52.1 Å². The van der Waals surface area contributed by atoms with Gasteiger partial charge in [0.15, 0.2) is 0 Å². The van der Waals surface area contributed by atoms with Crippen molar-refractivity contribution < 1.29 is 23.5 Å². The van der Waals surface area contributed by atoms with E-state index in [9.17, 15) is 18.8 Å². The second-order valence-electron chi connectivity index (χ2n) is 7.31. The largest absolute Gasteiger partial charge is 0.385 e. The first-order chi connectivity index (χ1) is 14.9. The molecule has 0 saturated carbocycles. The lowest BCUT2D eigenvalue weighted by molar-refractivity contribution is -0.132. The van der Waals surface area contributed by atoms with Crippen molar-refractivity contribution in [2.24, 2.45) is 0 Å². The second kappa shape index (κ2) is 13.3. The smallest absolute Gasteiger partial charge is 0.235 e. The first-order valence-electron chi connectivity index (χ1n) is 10.3. The van der Waals surface area contributed by atoms with Gasteiger partial charge in [-0.3, -0.25) is 19.3 Å². The molecular weight excluding hydrogens is 423 g/mol. The number of thioether (sulfide) groups is 1. The number of carbonyl (C=O) groups excluding carboxylic acids is 3. The average molecular weight is 455 g/mol. The number of piperazine rings is 1. The molecule has 0 bridgehead atoms. The van der Waals surface area contributed by atoms with Crippen LogP contribution >= 0.6 is 11.8 Å². The minimum atomic E-state index is -0.366. The summed E-state index contributed by atoms with van der Waals surface area (Å²) in [6, 6.07) is 5.54. The molecule has 2 N–H and O–H groups in total. The minimum absolute atomic E-state index is 0.0109. The van der Waals surface area contributed by atoms with Gasteiger partial charge in [-0.25, -0.2) is 4.39 Å². The summed E-state index contributed by atoms with van der Waals surface area (Å²) >= 11 is 1.27. The van der Waals surface area contributed by atoms with Gasteiger partial charge in [0.25, 0.3) is 0 Å². The molecule has 1 unspecified atom stereocenters. The number of ether oxygens (including phenoxy) is 1. The van der Waals surface area contributed by atoms with Gasteiger partial charge in [0.1, 0.15) is 5.82 Å². The first-order valence-corrected chi connectivity index (χ1v) is 11.4. The molecule has 2 rings (SSSR count). The highest BCUT2D eigenvalue weighted by Crippen LogP contribution is 2.16. The summed E-state index contributed by atoms with van der Waals surface area (Å²) < 4.78 is 17.9. The first kappa shape index (κ1) is 25.1. The fourth-order valence-electron chi connectivity index (χ4n) is 3.09. The number of hydrogen-bond donors (Lipinski definition) is 2. The van der Waals surface area contributed by atoms with Crippen LogP contribution in [0, 0.1) is 5.82 Å². The molecule has 172 valence electrons. The van der Waals surface area contributed by atoms with E-state index in [0.29, 0.717) is 51.6 Å². The Bertz CT molecular complexity index is 727. The van der Waals surface area contributed by atoms with Gasteiger partial charge < -0.3 is 20.3 Å². The summed E-state index contributed by atoms with van der Waals surface area (Å²) in [7, 11) is 1.63. The van der Waals surface area contributed by atoms with E-state index in [-0.39, 0.29) is 34.5 Å². The molecule has 1 saturated heterocycles. The number of amides is 3. The summed E-state index contributed by atoms with van der Waals surface area (Å²) in [4.78, 5) is 40.5. The van der Waals surface area contributed by atoms with Crippen LogP contribution in [0.15, 0.2) is 24.3 Å². The fraction of sp³-hybridized carbons (Fsp3) is 0.571. The van der Waals surface area contributed by atoms with E-state index in [4.69, 9.17) is 4.74 Å². The zero-order chi connectivity index (χ0) is 22.6. The number of nitrogens with one attached hydrogen (secondary N) is 2. The standard InChI is InChI=1S/C21H31FN4O4S/c1-16(31-15-20(28)24-18-6-4-17(22)5-7-18)21(29)26-11-9-25(10-12-26)14-19(27)23-8-3-13-30-2/h4-7,16H,3,8-15H2,1-2H3,(H,23,27)(H,24,28). The zero-order valence-electron chi connectivity index (χ0n) is 18.1. The summed E-state index contributed by atoms with van der Waals surface area (Å²) in [5.41, 5.74) is 0.518. The molecule has 1 aromatic rings. The van der Waals surface area contributed by atoms with Crippen molar-refractivity contribution in [3.8, 4) is 0 Å². The van der Waals surface area contributed by atoms with Crippen molar-refractivity contribution >= 4 is 35.2 Å². The van der Waals surface area contributed by atoms with Crippen molar-refractivity contribution in [3.63, 3.8) is 0 Å². The van der Waals surface area contributed by atoms with Crippen molar-refractivity contribution in [1.82, 2.24) is 15.1 Å². The summed E-state index contributed by atoms with van der Waals surface area (Å²) in [6.45, 7) is 5.71. The molecule has 8 nitrogen and oxygen atoms in total. The van der Waals surface area contributed by atoms with Gasteiger partial charge in [-0.05, 0) is 37.6 Å². The van der Waals surface area contributed by atoms with Gasteiger partial charge in [-0.15, -0.1) is 11.8 Å². The molecule has 1 heterocycles. The van der Waals surface area contributed by atoms with Crippen molar-refractivity contribution in [2.45, 2.75) is 18.6 Å². The molecule has 1 fully saturated rings. The molecule has 1 atom stereocenters. The molecule has 10 heteroatoms. The lowest BCUT2D eigenvalue weighted by atomic mass is 10.2. The Hall–Kier alpha value is -2.17. The molecule has 3 amide bonds. The Kier molecular flexibility index (Phi) is 10.8. The predicted molar refractivity (Wildman–Crippen MR) is 119 cm³/mol. The van der Waals surface area contributed by atoms with Crippen molar-refractivity contribution in [1.29, 1.82) is 0 Å². The third kappa shape index (κ3) is 9.24. The number of rotatable bonds is 11. The maximum Gasteiger partial charge on any atom is 0.235 e. The Balaban J connectivity index is 1.65. The summed E-state index contributed by atoms with van der Waals surface area (Å²) in [5.74, 6) is -0.504. The van der Waals surface area contributed by atoms with Crippen LogP contribution in [0.3, 0.4) is 0 Å². The lowest BCUT2D eigenvalue weighted by Crippen LogP contribution is -2.52. The quantitative estimate of drug-likeness (QED) is 0.488. The molecule has 0 radical (unpaired) electrons. The summed E-state index contributed by atoms with van der Waals surface area (Å²) in [5, 5.41) is 5.20. The SMILES string of the molecule is COCCCNC(=O)CN1CCN(C(=O)C(C)SCC(=O)Nc2ccc(F)cc2)CC1. The number of nitrogens with zero attached hydrogens (tertiary/aromatic N) is 2. The molecule has 1 aromatic carbocycles. The van der Waals surface area contributed by atoms with E-state index in [1.807, 2.05) is 4.90 Å². The topological polar surface area (TPSA) is 91.0 Å². The van der Waals surface area contributed by atoms with Gasteiger partial charge in [0.05, 0.1) is 17.5 Å². The molecule has 0 aliphatic carbocycles. The number of halogens is 1. The molecule has 31 heavy (non-hydrogen) atoms. The third-order valence-corrected chi connectivity index (χ3v) is 5.97. The number of methoxy groups -OCH3 is 1. The number of hydrogen-bond acceptors (Lipinski definition) is 6. The highest BCUT2D eigenvalue weighted by atomic mass is 32.2. The van der Waals surface area contributed by atoms with Crippen LogP contribution < -0.4 is 10.6 Å². The van der Waals surface area contributed by atoms with E-state index < -0.39 is 0 Å². The number of benzene rings is 1. The van der Waals surface area contributed by atoms with Crippen LogP contribution in [-0.2, 0) is 19.1 Å². The van der Waals surface area contributed by atoms with Crippen LogP contribution in [0.5, 0.6) is 0 Å². The van der Waals surface area contributed by atoms with Crippen LogP contribution in [0.25, 0.3) is 0 Å². The minimum Gasteiger partial charge on any atom is -0.385 e. The van der Waals surface area contributed by atoms with Crippen molar-refractivity contribution in [3.05, 3.63) is 30.1 Å². The van der Waals surface area contributed by atoms with E-state index in [1.54, 1.807) is 18.9 Å². The second-order valence-corrected chi connectivity index (χ2v) is 8.64. The number of carbonyl (C=O) groups is 3. The number of anilines is 1. The average Bonchev–Trinajstić information content (AvgIpc) is 2.76. The molecule has 0 spiro atoms. The van der Waals surface area contributed by atoms with E-state index >= 15 is 0 Å². The Morgan fingerprint density at radius 1 is 1.13 bits per heavy atom. The van der Waals surface area contributed by atoms with Gasteiger partial charge in [-0.1, -0.05) is 0 Å².